The lowest BCUT2D eigenvalue weighted by Crippen LogP contribution is -1.95. The van der Waals surface area contributed by atoms with Crippen LogP contribution in [-0.2, 0) is 6.61 Å². The Kier molecular flexibility index (Phi) is 3.65. The summed E-state index contributed by atoms with van der Waals surface area (Å²) in [5.41, 5.74) is 1.09. The molecule has 0 aliphatic carbocycles. The van der Waals surface area contributed by atoms with Crippen LogP contribution in [-0.4, -0.2) is 4.98 Å². The van der Waals surface area contributed by atoms with E-state index in [2.05, 4.69) is 4.98 Å². The third-order valence-electron chi connectivity index (χ3n) is 2.02. The highest BCUT2D eigenvalue weighted by atomic mass is 35.5. The minimum absolute atomic E-state index is 0.286. The van der Waals surface area contributed by atoms with Gasteiger partial charge in [-0.15, -0.1) is 0 Å². The molecule has 0 bridgehead atoms. The van der Waals surface area contributed by atoms with Crippen LogP contribution in [0.3, 0.4) is 0 Å². The zero-order valence-corrected chi connectivity index (χ0v) is 9.87. The van der Waals surface area contributed by atoms with Crippen molar-refractivity contribution >= 4 is 23.2 Å². The van der Waals surface area contributed by atoms with Crippen molar-refractivity contribution in [3.8, 4) is 5.75 Å². The highest BCUT2D eigenvalue weighted by Gasteiger charge is 2.01. The topological polar surface area (TPSA) is 22.1 Å². The van der Waals surface area contributed by atoms with Gasteiger partial charge in [-0.25, -0.2) is 4.98 Å². The van der Waals surface area contributed by atoms with Crippen LogP contribution >= 0.6 is 23.2 Å². The standard InChI is InChI=1S/C12H9Cl2NO/c13-11-6-10(7-15-12(11)14)16-8-9-4-2-1-3-5-9/h1-7H,8H2. The Bertz CT molecular complexity index is 474. The third-order valence-corrected chi connectivity index (χ3v) is 2.71. The monoisotopic (exact) mass is 253 g/mol. The number of aromatic nitrogens is 1. The molecule has 0 radical (unpaired) electrons. The van der Waals surface area contributed by atoms with Gasteiger partial charge in [-0.1, -0.05) is 53.5 Å². The second-order valence-electron chi connectivity index (χ2n) is 3.22. The Hall–Kier alpha value is -1.25. The van der Waals surface area contributed by atoms with Gasteiger partial charge in [0.15, 0.2) is 0 Å². The summed E-state index contributed by atoms with van der Waals surface area (Å²) in [6, 6.07) is 11.5. The second kappa shape index (κ2) is 5.19. The van der Waals surface area contributed by atoms with Gasteiger partial charge in [0.1, 0.15) is 17.5 Å². The molecule has 0 fully saturated rings. The van der Waals surface area contributed by atoms with Crippen molar-refractivity contribution in [2.45, 2.75) is 6.61 Å². The largest absolute Gasteiger partial charge is 0.487 e. The zero-order valence-electron chi connectivity index (χ0n) is 8.36. The average Bonchev–Trinajstić information content (AvgIpc) is 2.32. The minimum atomic E-state index is 0.286. The molecule has 2 aromatic rings. The molecule has 0 amide bonds. The first-order chi connectivity index (χ1) is 7.75. The molecule has 0 N–H and O–H groups in total. The zero-order chi connectivity index (χ0) is 11.4. The van der Waals surface area contributed by atoms with Crippen LogP contribution in [0.25, 0.3) is 0 Å². The van der Waals surface area contributed by atoms with E-state index in [-0.39, 0.29) is 5.15 Å². The molecule has 16 heavy (non-hydrogen) atoms. The van der Waals surface area contributed by atoms with Crippen molar-refractivity contribution < 1.29 is 4.74 Å². The quantitative estimate of drug-likeness (QED) is 0.773. The van der Waals surface area contributed by atoms with Crippen LogP contribution in [0, 0.1) is 0 Å². The predicted molar refractivity (Wildman–Crippen MR) is 65.0 cm³/mol. The fourth-order valence-corrected chi connectivity index (χ4v) is 1.48. The average molecular weight is 254 g/mol. The maximum absolute atomic E-state index is 5.82. The summed E-state index contributed by atoms with van der Waals surface area (Å²) < 4.78 is 5.52. The summed E-state index contributed by atoms with van der Waals surface area (Å²) in [6.45, 7) is 0.487. The molecule has 1 aromatic carbocycles. The molecule has 0 aliphatic rings. The fourth-order valence-electron chi connectivity index (χ4n) is 1.22. The van der Waals surface area contributed by atoms with Crippen molar-refractivity contribution in [1.82, 2.24) is 4.98 Å². The van der Waals surface area contributed by atoms with Crippen molar-refractivity contribution in [3.63, 3.8) is 0 Å². The van der Waals surface area contributed by atoms with Crippen LogP contribution in [0.5, 0.6) is 5.75 Å². The first-order valence-electron chi connectivity index (χ1n) is 4.73. The molecular weight excluding hydrogens is 245 g/mol. The van der Waals surface area contributed by atoms with Crippen molar-refractivity contribution in [1.29, 1.82) is 0 Å². The Morgan fingerprint density at radius 3 is 2.56 bits per heavy atom. The number of hydrogen-bond acceptors (Lipinski definition) is 2. The Labute approximate surface area is 104 Å². The lowest BCUT2D eigenvalue weighted by Gasteiger charge is -2.06. The predicted octanol–water partition coefficient (Wildman–Crippen LogP) is 3.97. The van der Waals surface area contributed by atoms with Gasteiger partial charge in [0.05, 0.1) is 11.2 Å². The summed E-state index contributed by atoms with van der Waals surface area (Å²) in [7, 11) is 0. The molecule has 1 heterocycles. The van der Waals surface area contributed by atoms with Crippen molar-refractivity contribution in [2.75, 3.05) is 0 Å². The second-order valence-corrected chi connectivity index (χ2v) is 3.98. The van der Waals surface area contributed by atoms with Gasteiger partial charge in [-0.2, -0.15) is 0 Å². The first-order valence-corrected chi connectivity index (χ1v) is 5.49. The normalized spacial score (nSPS) is 10.1. The van der Waals surface area contributed by atoms with Crippen LogP contribution < -0.4 is 4.74 Å². The van der Waals surface area contributed by atoms with Gasteiger partial charge >= 0.3 is 0 Å². The number of ether oxygens (including phenoxy) is 1. The van der Waals surface area contributed by atoms with E-state index < -0.39 is 0 Å². The van der Waals surface area contributed by atoms with E-state index in [0.717, 1.165) is 5.56 Å². The van der Waals surface area contributed by atoms with E-state index in [9.17, 15) is 0 Å². The summed E-state index contributed by atoms with van der Waals surface area (Å²) in [6.07, 6.45) is 1.55. The fraction of sp³-hybridized carbons (Fsp3) is 0.0833. The molecule has 0 aliphatic heterocycles. The van der Waals surface area contributed by atoms with Crippen molar-refractivity contribution in [3.05, 3.63) is 58.3 Å². The van der Waals surface area contributed by atoms with Gasteiger partial charge in [-0.05, 0) is 5.56 Å². The molecular formula is C12H9Cl2NO. The summed E-state index contributed by atoms with van der Waals surface area (Å²) >= 11 is 11.5. The number of halogens is 2. The molecule has 0 saturated heterocycles. The lowest BCUT2D eigenvalue weighted by molar-refractivity contribution is 0.305. The molecule has 2 nitrogen and oxygen atoms in total. The Morgan fingerprint density at radius 1 is 1.12 bits per heavy atom. The van der Waals surface area contributed by atoms with E-state index in [1.165, 1.54) is 0 Å². The highest BCUT2D eigenvalue weighted by molar-refractivity contribution is 6.41. The van der Waals surface area contributed by atoms with Gasteiger partial charge < -0.3 is 4.74 Å². The van der Waals surface area contributed by atoms with Gasteiger partial charge in [0.25, 0.3) is 0 Å². The Morgan fingerprint density at radius 2 is 1.88 bits per heavy atom. The SMILES string of the molecule is Clc1cc(OCc2ccccc2)cnc1Cl. The lowest BCUT2D eigenvalue weighted by atomic mass is 10.2. The van der Waals surface area contributed by atoms with E-state index in [1.54, 1.807) is 12.3 Å². The van der Waals surface area contributed by atoms with E-state index in [1.807, 2.05) is 30.3 Å². The molecule has 0 unspecified atom stereocenters. The first kappa shape index (κ1) is 11.2. The molecule has 1 aromatic heterocycles. The molecule has 0 spiro atoms. The molecule has 2 rings (SSSR count). The van der Waals surface area contributed by atoms with E-state index >= 15 is 0 Å². The maximum atomic E-state index is 5.82. The third kappa shape index (κ3) is 2.87. The van der Waals surface area contributed by atoms with Crippen LogP contribution in [0.4, 0.5) is 0 Å². The smallest absolute Gasteiger partial charge is 0.147 e. The number of nitrogens with zero attached hydrogens (tertiary/aromatic N) is 1. The summed E-state index contributed by atoms with van der Waals surface area (Å²) in [4.78, 5) is 3.90. The maximum Gasteiger partial charge on any atom is 0.147 e. The summed E-state index contributed by atoms with van der Waals surface area (Å²) in [5.74, 6) is 0.609. The number of benzene rings is 1. The van der Waals surface area contributed by atoms with E-state index in [0.29, 0.717) is 17.4 Å². The van der Waals surface area contributed by atoms with Crippen LogP contribution in [0.15, 0.2) is 42.6 Å². The number of rotatable bonds is 3. The van der Waals surface area contributed by atoms with Crippen LogP contribution in [0.2, 0.25) is 10.2 Å². The van der Waals surface area contributed by atoms with Gasteiger partial charge in [-0.3, -0.25) is 0 Å². The van der Waals surface area contributed by atoms with Crippen molar-refractivity contribution in [2.24, 2.45) is 0 Å². The molecule has 0 saturated carbocycles. The highest BCUT2D eigenvalue weighted by Crippen LogP contribution is 2.24. The van der Waals surface area contributed by atoms with Gasteiger partial charge in [0.2, 0.25) is 0 Å². The van der Waals surface area contributed by atoms with Crippen LogP contribution in [0.1, 0.15) is 5.56 Å². The summed E-state index contributed by atoms with van der Waals surface area (Å²) in [5, 5.41) is 0.681. The van der Waals surface area contributed by atoms with E-state index in [4.69, 9.17) is 27.9 Å². The van der Waals surface area contributed by atoms with Gasteiger partial charge in [0, 0.05) is 6.07 Å². The Balaban J connectivity index is 2.03. The molecule has 4 heteroatoms. The molecule has 0 atom stereocenters. The molecule has 82 valence electrons. The number of hydrogen-bond donors (Lipinski definition) is 0. The number of pyridine rings is 1. The minimum Gasteiger partial charge on any atom is -0.487 e.